The Morgan fingerprint density at radius 2 is 1.78 bits per heavy atom. The number of nitrogens with zero attached hydrogens (tertiary/aromatic N) is 2. The third-order valence-corrected chi connectivity index (χ3v) is 6.68. The van der Waals surface area contributed by atoms with E-state index in [9.17, 15) is 18.0 Å². The van der Waals surface area contributed by atoms with Crippen molar-refractivity contribution in [2.75, 3.05) is 5.32 Å². The number of hydrogen-bond acceptors (Lipinski definition) is 3. The van der Waals surface area contributed by atoms with Gasteiger partial charge in [-0.3, -0.25) is 14.8 Å². The molecule has 1 aliphatic rings. The summed E-state index contributed by atoms with van der Waals surface area (Å²) in [6.07, 6.45) is -2.02. The van der Waals surface area contributed by atoms with E-state index in [-0.39, 0.29) is 23.4 Å². The first-order chi connectivity index (χ1) is 16.8. The van der Waals surface area contributed by atoms with Gasteiger partial charge in [0, 0.05) is 23.8 Å². The third kappa shape index (κ3) is 5.64. The number of alkyl halides is 3. The molecule has 36 heavy (non-hydrogen) atoms. The molecule has 5 nitrogen and oxygen atoms in total. The molecule has 2 heterocycles. The molecular formula is C28H33F3N4O. The highest BCUT2D eigenvalue weighted by Crippen LogP contribution is 2.41. The molecule has 0 radical (unpaired) electrons. The fourth-order valence-corrected chi connectivity index (χ4v) is 4.59. The normalized spacial score (nSPS) is 20.6. The number of benzene rings is 2. The minimum atomic E-state index is -4.40. The van der Waals surface area contributed by atoms with Gasteiger partial charge >= 0.3 is 6.18 Å². The summed E-state index contributed by atoms with van der Waals surface area (Å²) < 4.78 is 41.2. The maximum Gasteiger partial charge on any atom is 0.416 e. The fourth-order valence-electron chi connectivity index (χ4n) is 4.59. The zero-order valence-corrected chi connectivity index (χ0v) is 21.2. The van der Waals surface area contributed by atoms with Crippen molar-refractivity contribution in [3.63, 3.8) is 0 Å². The number of amides is 1. The van der Waals surface area contributed by atoms with E-state index in [1.54, 1.807) is 0 Å². The lowest BCUT2D eigenvalue weighted by molar-refractivity contribution is -0.137. The Bertz CT molecular complexity index is 1210. The van der Waals surface area contributed by atoms with Crippen LogP contribution in [0.5, 0.6) is 0 Å². The van der Waals surface area contributed by atoms with Crippen LogP contribution in [0.3, 0.4) is 0 Å². The smallest absolute Gasteiger partial charge is 0.325 e. The molecule has 4 rings (SSSR count). The fraction of sp³-hybridized carbons (Fsp3) is 0.429. The lowest BCUT2D eigenvalue weighted by Gasteiger charge is -2.21. The van der Waals surface area contributed by atoms with Gasteiger partial charge in [-0.25, -0.2) is 0 Å². The van der Waals surface area contributed by atoms with Gasteiger partial charge in [0.25, 0.3) is 0 Å². The highest BCUT2D eigenvalue weighted by molar-refractivity contribution is 5.95. The first kappa shape index (κ1) is 25.9. The number of aromatic nitrogens is 2. The average molecular weight is 499 g/mol. The zero-order chi connectivity index (χ0) is 26.3. The van der Waals surface area contributed by atoms with Crippen molar-refractivity contribution in [3.8, 4) is 0 Å². The summed E-state index contributed by atoms with van der Waals surface area (Å²) in [5, 5.41) is 11.2. The molecular weight excluding hydrogens is 465 g/mol. The van der Waals surface area contributed by atoms with Crippen LogP contribution in [-0.4, -0.2) is 21.7 Å². The monoisotopic (exact) mass is 498 g/mol. The van der Waals surface area contributed by atoms with Crippen LogP contribution in [0.15, 0.2) is 60.8 Å². The maximum atomic E-state index is 13.3. The van der Waals surface area contributed by atoms with Crippen molar-refractivity contribution < 1.29 is 18.0 Å². The number of carbonyl (C=O) groups excluding carboxylic acids is 1. The largest absolute Gasteiger partial charge is 0.416 e. The van der Waals surface area contributed by atoms with Gasteiger partial charge in [0.05, 0.1) is 22.8 Å². The van der Waals surface area contributed by atoms with Gasteiger partial charge in [-0.2, -0.15) is 18.3 Å². The summed E-state index contributed by atoms with van der Waals surface area (Å²) in [5.41, 5.74) is 2.43. The Morgan fingerprint density at radius 3 is 2.36 bits per heavy atom. The molecule has 8 heteroatoms. The van der Waals surface area contributed by atoms with E-state index in [1.807, 2.05) is 62.0 Å². The molecule has 0 unspecified atom stereocenters. The summed E-state index contributed by atoms with van der Waals surface area (Å²) in [6.45, 7) is 10.3. The molecule has 0 spiro atoms. The summed E-state index contributed by atoms with van der Waals surface area (Å²) in [6, 6.07) is 14.0. The second-order valence-electron chi connectivity index (χ2n) is 10.8. The van der Waals surface area contributed by atoms with Crippen LogP contribution in [0.2, 0.25) is 0 Å². The van der Waals surface area contributed by atoms with Gasteiger partial charge < -0.3 is 5.32 Å². The van der Waals surface area contributed by atoms with E-state index in [0.29, 0.717) is 17.9 Å². The van der Waals surface area contributed by atoms with Crippen molar-refractivity contribution in [1.29, 1.82) is 0 Å². The van der Waals surface area contributed by atoms with E-state index in [1.165, 1.54) is 12.1 Å². The number of halogens is 3. The first-order valence-electron chi connectivity index (χ1n) is 12.2. The molecule has 2 N–H and O–H groups in total. The highest BCUT2D eigenvalue weighted by Gasteiger charge is 2.41. The van der Waals surface area contributed by atoms with Crippen LogP contribution < -0.4 is 10.6 Å². The predicted octanol–water partition coefficient (Wildman–Crippen LogP) is 6.61. The average Bonchev–Trinajstić information content (AvgIpc) is 3.46. The second-order valence-corrected chi connectivity index (χ2v) is 10.8. The van der Waals surface area contributed by atoms with E-state index in [2.05, 4.69) is 24.5 Å². The lowest BCUT2D eigenvalue weighted by Crippen LogP contribution is -2.36. The quantitative estimate of drug-likeness (QED) is 0.416. The number of anilines is 1. The van der Waals surface area contributed by atoms with E-state index >= 15 is 0 Å². The Hall–Kier alpha value is -3.13. The molecule has 0 bridgehead atoms. The van der Waals surface area contributed by atoms with Gasteiger partial charge in [-0.05, 0) is 74.6 Å². The van der Waals surface area contributed by atoms with Gasteiger partial charge in [-0.15, -0.1) is 0 Å². The van der Waals surface area contributed by atoms with Crippen molar-refractivity contribution >= 4 is 11.6 Å². The van der Waals surface area contributed by atoms with Gasteiger partial charge in [0.2, 0.25) is 5.91 Å². The van der Waals surface area contributed by atoms with Crippen molar-refractivity contribution in [2.24, 2.45) is 0 Å². The first-order valence-corrected chi connectivity index (χ1v) is 12.2. The number of carbonyl (C=O) groups is 1. The highest BCUT2D eigenvalue weighted by atomic mass is 19.4. The van der Waals surface area contributed by atoms with Crippen molar-refractivity contribution in [1.82, 2.24) is 15.1 Å². The third-order valence-electron chi connectivity index (χ3n) is 6.68. The van der Waals surface area contributed by atoms with Crippen molar-refractivity contribution in [3.05, 3.63) is 83.2 Å². The summed E-state index contributed by atoms with van der Waals surface area (Å²) in [5.74, 6) is -0.0218. The minimum Gasteiger partial charge on any atom is -0.325 e. The Kier molecular flexibility index (Phi) is 7.01. The molecule has 3 aromatic rings. The van der Waals surface area contributed by atoms with Crippen LogP contribution in [0.25, 0.3) is 0 Å². The molecule has 1 fully saturated rings. The second kappa shape index (κ2) is 9.73. The molecule has 1 amide bonds. The Morgan fingerprint density at radius 1 is 1.08 bits per heavy atom. The van der Waals surface area contributed by atoms with Gasteiger partial charge in [0.1, 0.15) is 0 Å². The molecule has 1 saturated heterocycles. The molecule has 3 atom stereocenters. The Labute approximate surface area is 210 Å². The summed E-state index contributed by atoms with van der Waals surface area (Å²) >= 11 is 0. The molecule has 2 aromatic carbocycles. The number of nitrogens with one attached hydrogen (secondary N) is 2. The van der Waals surface area contributed by atoms with Gasteiger partial charge in [0.15, 0.2) is 0 Å². The topological polar surface area (TPSA) is 59.0 Å². The van der Waals surface area contributed by atoms with Crippen LogP contribution in [0.1, 0.15) is 81.3 Å². The number of hydrogen-bond donors (Lipinski definition) is 2. The van der Waals surface area contributed by atoms with E-state index in [4.69, 9.17) is 5.10 Å². The Balaban J connectivity index is 1.61. The summed E-state index contributed by atoms with van der Waals surface area (Å²) in [7, 11) is 0. The SMILES string of the molecule is CC(C)c1cccc(NC(=O)[C@@H]2C[C@@H](c3ccn(C(C)(C)C)n3)[C@H](c3ccc(C(F)(F)F)cc3)N2)c1. The zero-order valence-electron chi connectivity index (χ0n) is 21.2. The maximum absolute atomic E-state index is 13.3. The molecule has 1 aromatic heterocycles. The van der Waals surface area contributed by atoms with Crippen molar-refractivity contribution in [2.45, 2.75) is 76.7 Å². The molecule has 1 aliphatic heterocycles. The van der Waals surface area contributed by atoms with Crippen LogP contribution >= 0.6 is 0 Å². The lowest BCUT2D eigenvalue weighted by atomic mass is 9.90. The standard InChI is InChI=1S/C28H33F3N4O/c1-17(2)19-7-6-8-21(15-19)32-26(36)24-16-22(23-13-14-35(34-23)27(3,4)5)25(33-24)18-9-11-20(12-10-18)28(29,30)31/h6-15,17,22,24-25,33H,16H2,1-5H3,(H,32,36)/t22-,24-,25-/m0/s1. The molecule has 0 saturated carbocycles. The minimum absolute atomic E-state index is 0.175. The van der Waals surface area contributed by atoms with Gasteiger partial charge in [-0.1, -0.05) is 38.1 Å². The molecule has 192 valence electrons. The van der Waals surface area contributed by atoms with E-state index in [0.717, 1.165) is 29.1 Å². The summed E-state index contributed by atoms with van der Waals surface area (Å²) in [4.78, 5) is 13.3. The molecule has 0 aliphatic carbocycles. The predicted molar refractivity (Wildman–Crippen MR) is 135 cm³/mol. The van der Waals surface area contributed by atoms with Crippen LogP contribution in [0.4, 0.5) is 18.9 Å². The number of rotatable bonds is 5. The van der Waals surface area contributed by atoms with E-state index < -0.39 is 17.8 Å². The van der Waals surface area contributed by atoms with Crippen LogP contribution in [-0.2, 0) is 16.5 Å². The van der Waals surface area contributed by atoms with Crippen LogP contribution in [0, 0.1) is 0 Å².